The van der Waals surface area contributed by atoms with Crippen LogP contribution >= 0.6 is 0 Å². The van der Waals surface area contributed by atoms with E-state index in [0.29, 0.717) is 10.7 Å². The molecule has 0 amide bonds. The highest BCUT2D eigenvalue weighted by Gasteiger charge is 2.07. The zero-order chi connectivity index (χ0) is 8.97. The van der Waals surface area contributed by atoms with Gasteiger partial charge in [0.2, 0.25) is 0 Å². The van der Waals surface area contributed by atoms with Gasteiger partial charge in [0, 0.05) is 13.3 Å². The maximum absolute atomic E-state index is 11.3. The second-order valence-corrected chi connectivity index (χ2v) is 3.46. The maximum Gasteiger partial charge on any atom is 0.152 e. The first-order valence-corrected chi connectivity index (χ1v) is 4.65. The Kier molecular flexibility index (Phi) is 3.19. The van der Waals surface area contributed by atoms with Gasteiger partial charge in [-0.25, -0.2) is 4.98 Å². The van der Waals surface area contributed by atoms with Crippen molar-refractivity contribution in [1.82, 2.24) is 4.98 Å². The predicted octanol–water partition coefficient (Wildman–Crippen LogP) is 0.375. The van der Waals surface area contributed by atoms with Crippen LogP contribution in [0.4, 0.5) is 5.69 Å². The van der Waals surface area contributed by atoms with Crippen LogP contribution in [0.3, 0.4) is 0 Å². The van der Waals surface area contributed by atoms with E-state index in [9.17, 15) is 4.21 Å². The minimum atomic E-state index is -1.25. The van der Waals surface area contributed by atoms with Gasteiger partial charge in [0.25, 0.3) is 0 Å². The van der Waals surface area contributed by atoms with Crippen molar-refractivity contribution in [1.29, 1.82) is 0 Å². The standard InChI is InChI=1S/C7H10N2O2S/c1-11-5-12(10)7-6(8)3-2-4-9-7/h2-4H,5,8H2,1H3. The molecule has 1 heterocycles. The SMILES string of the molecule is COCS(=O)c1ncccc1N. The molecule has 1 atom stereocenters. The van der Waals surface area contributed by atoms with Crippen molar-refractivity contribution in [3.8, 4) is 0 Å². The summed E-state index contributed by atoms with van der Waals surface area (Å²) in [4.78, 5) is 3.89. The van der Waals surface area contributed by atoms with Crippen LogP contribution in [0.25, 0.3) is 0 Å². The number of hydrogen-bond acceptors (Lipinski definition) is 4. The number of methoxy groups -OCH3 is 1. The number of ether oxygens (including phenoxy) is 1. The van der Waals surface area contributed by atoms with Crippen molar-refractivity contribution in [3.05, 3.63) is 18.3 Å². The van der Waals surface area contributed by atoms with E-state index in [0.717, 1.165) is 0 Å². The molecule has 4 nitrogen and oxygen atoms in total. The van der Waals surface area contributed by atoms with Crippen LogP contribution in [0.5, 0.6) is 0 Å². The van der Waals surface area contributed by atoms with E-state index >= 15 is 0 Å². The normalized spacial score (nSPS) is 12.8. The third-order valence-corrected chi connectivity index (χ3v) is 2.46. The largest absolute Gasteiger partial charge is 0.396 e. The molecule has 66 valence electrons. The molecule has 0 aliphatic heterocycles. The molecule has 1 aromatic rings. The second kappa shape index (κ2) is 4.18. The van der Waals surface area contributed by atoms with Crippen LogP contribution in [0, 0.1) is 0 Å². The van der Waals surface area contributed by atoms with Crippen molar-refractivity contribution in [2.75, 3.05) is 18.8 Å². The van der Waals surface area contributed by atoms with Crippen LogP contribution in [-0.4, -0.2) is 22.2 Å². The van der Waals surface area contributed by atoms with Gasteiger partial charge in [0.05, 0.1) is 5.69 Å². The molecular formula is C7H10N2O2S. The summed E-state index contributed by atoms with van der Waals surface area (Å²) in [6, 6.07) is 3.36. The molecule has 0 saturated heterocycles. The third-order valence-electron chi connectivity index (χ3n) is 1.24. The molecule has 0 aliphatic carbocycles. The van der Waals surface area contributed by atoms with Gasteiger partial charge in [0.15, 0.2) is 5.03 Å². The molecule has 0 aliphatic rings. The molecule has 0 radical (unpaired) electrons. The fourth-order valence-corrected chi connectivity index (χ4v) is 1.59. The Bertz CT molecular complexity index is 290. The molecule has 0 saturated carbocycles. The van der Waals surface area contributed by atoms with Gasteiger partial charge in [-0.05, 0) is 12.1 Å². The lowest BCUT2D eigenvalue weighted by Gasteiger charge is -2.01. The van der Waals surface area contributed by atoms with Crippen molar-refractivity contribution < 1.29 is 8.95 Å². The summed E-state index contributed by atoms with van der Waals surface area (Å²) in [7, 11) is 0.230. The first kappa shape index (κ1) is 9.15. The lowest BCUT2D eigenvalue weighted by atomic mass is 10.4. The highest BCUT2D eigenvalue weighted by molar-refractivity contribution is 7.84. The number of hydrogen-bond donors (Lipinski definition) is 1. The van der Waals surface area contributed by atoms with Gasteiger partial charge in [-0.1, -0.05) is 0 Å². The lowest BCUT2D eigenvalue weighted by Crippen LogP contribution is -2.05. The van der Waals surface area contributed by atoms with Crippen molar-refractivity contribution in [3.63, 3.8) is 0 Å². The van der Waals surface area contributed by atoms with E-state index in [2.05, 4.69) is 4.98 Å². The van der Waals surface area contributed by atoms with Crippen molar-refractivity contribution in [2.45, 2.75) is 5.03 Å². The van der Waals surface area contributed by atoms with Crippen LogP contribution in [0.1, 0.15) is 0 Å². The molecule has 0 bridgehead atoms. The van der Waals surface area contributed by atoms with Gasteiger partial charge in [0.1, 0.15) is 16.7 Å². The number of nitrogens with two attached hydrogens (primary N) is 1. The number of rotatable bonds is 3. The van der Waals surface area contributed by atoms with E-state index in [1.54, 1.807) is 18.3 Å². The summed E-state index contributed by atoms with van der Waals surface area (Å²) in [6.45, 7) is 0. The summed E-state index contributed by atoms with van der Waals surface area (Å²) < 4.78 is 16.0. The Morgan fingerprint density at radius 3 is 3.08 bits per heavy atom. The lowest BCUT2D eigenvalue weighted by molar-refractivity contribution is 0.254. The monoisotopic (exact) mass is 186 g/mol. The summed E-state index contributed by atoms with van der Waals surface area (Å²) in [5, 5.41) is 0.388. The molecule has 12 heavy (non-hydrogen) atoms. The molecule has 5 heteroatoms. The molecule has 2 N–H and O–H groups in total. The highest BCUT2D eigenvalue weighted by atomic mass is 32.2. The smallest absolute Gasteiger partial charge is 0.152 e. The van der Waals surface area contributed by atoms with Crippen LogP contribution in [0.15, 0.2) is 23.4 Å². The van der Waals surface area contributed by atoms with Crippen molar-refractivity contribution >= 4 is 16.5 Å². The Morgan fingerprint density at radius 1 is 1.75 bits per heavy atom. The summed E-state index contributed by atoms with van der Waals surface area (Å²) in [6.07, 6.45) is 1.55. The average molecular weight is 186 g/mol. The second-order valence-electron chi connectivity index (χ2n) is 2.15. The van der Waals surface area contributed by atoms with Gasteiger partial charge in [-0.3, -0.25) is 4.21 Å². The molecule has 0 fully saturated rings. The van der Waals surface area contributed by atoms with Crippen molar-refractivity contribution in [2.24, 2.45) is 0 Å². The number of anilines is 1. The first-order chi connectivity index (χ1) is 5.75. The topological polar surface area (TPSA) is 65.2 Å². The Hall–Kier alpha value is -0.940. The number of nitrogen functional groups attached to an aromatic ring is 1. The van der Waals surface area contributed by atoms with E-state index in [-0.39, 0.29) is 5.94 Å². The van der Waals surface area contributed by atoms with Crippen LogP contribution < -0.4 is 5.73 Å². The summed E-state index contributed by atoms with van der Waals surface area (Å²) in [5.41, 5.74) is 5.98. The summed E-state index contributed by atoms with van der Waals surface area (Å²) in [5.74, 6) is 0.126. The molecule has 1 rings (SSSR count). The van der Waals surface area contributed by atoms with Crippen LogP contribution in [0.2, 0.25) is 0 Å². The van der Waals surface area contributed by atoms with Gasteiger partial charge >= 0.3 is 0 Å². The highest BCUT2D eigenvalue weighted by Crippen LogP contribution is 2.11. The number of pyridine rings is 1. The van der Waals surface area contributed by atoms with E-state index in [1.165, 1.54) is 7.11 Å². The molecule has 0 aromatic carbocycles. The Morgan fingerprint density at radius 2 is 2.50 bits per heavy atom. The minimum absolute atomic E-state index is 0.126. The minimum Gasteiger partial charge on any atom is -0.396 e. The van der Waals surface area contributed by atoms with E-state index in [1.807, 2.05) is 0 Å². The molecular weight excluding hydrogens is 176 g/mol. The first-order valence-electron chi connectivity index (χ1n) is 3.33. The zero-order valence-electron chi connectivity index (χ0n) is 6.69. The fourth-order valence-electron chi connectivity index (χ4n) is 0.756. The molecule has 1 unspecified atom stereocenters. The van der Waals surface area contributed by atoms with Gasteiger partial charge in [-0.2, -0.15) is 0 Å². The fraction of sp³-hybridized carbons (Fsp3) is 0.286. The maximum atomic E-state index is 11.3. The predicted molar refractivity (Wildman–Crippen MR) is 46.9 cm³/mol. The number of aromatic nitrogens is 1. The quantitative estimate of drug-likeness (QED) is 0.741. The van der Waals surface area contributed by atoms with E-state index < -0.39 is 10.8 Å². The third kappa shape index (κ3) is 2.02. The summed E-state index contributed by atoms with van der Waals surface area (Å²) >= 11 is 0. The Balaban J connectivity index is 2.87. The molecule has 1 aromatic heterocycles. The zero-order valence-corrected chi connectivity index (χ0v) is 7.50. The molecule has 0 spiro atoms. The van der Waals surface area contributed by atoms with Gasteiger partial charge < -0.3 is 10.5 Å². The van der Waals surface area contributed by atoms with Crippen LogP contribution in [-0.2, 0) is 15.5 Å². The van der Waals surface area contributed by atoms with E-state index in [4.69, 9.17) is 10.5 Å². The number of nitrogens with zero attached hydrogens (tertiary/aromatic N) is 1. The average Bonchev–Trinajstić information content (AvgIpc) is 2.05. The van der Waals surface area contributed by atoms with Gasteiger partial charge in [-0.15, -0.1) is 0 Å². The Labute approximate surface area is 73.2 Å².